The second-order valence-electron chi connectivity index (χ2n) is 9.83. The minimum atomic E-state index is -1.50. The molecule has 3 N–H and O–H groups in total. The van der Waals surface area contributed by atoms with Gasteiger partial charge in [-0.3, -0.25) is 14.9 Å². The van der Waals surface area contributed by atoms with Crippen molar-refractivity contribution in [1.29, 1.82) is 0 Å². The molecular formula is C25H27N5O6. The third-order valence-corrected chi connectivity index (χ3v) is 7.59. The highest BCUT2D eigenvalue weighted by molar-refractivity contribution is 6.08. The first-order valence-corrected chi connectivity index (χ1v) is 12.0. The highest BCUT2D eigenvalue weighted by atomic mass is 16.5. The lowest BCUT2D eigenvalue weighted by atomic mass is 9.83. The first kappa shape index (κ1) is 22.6. The van der Waals surface area contributed by atoms with E-state index in [0.29, 0.717) is 48.8 Å². The van der Waals surface area contributed by atoms with Gasteiger partial charge < -0.3 is 29.7 Å². The minimum Gasteiger partial charge on any atom is -0.497 e. The van der Waals surface area contributed by atoms with Crippen LogP contribution in [-0.2, 0) is 11.3 Å². The second-order valence-corrected chi connectivity index (χ2v) is 9.83. The van der Waals surface area contributed by atoms with Gasteiger partial charge in [0.25, 0.3) is 11.8 Å². The fraction of sp³-hybridized carbons (Fsp3) is 0.440. The van der Waals surface area contributed by atoms with Crippen LogP contribution in [0.3, 0.4) is 0 Å². The molecule has 4 atom stereocenters. The number of aliphatic hydroxyl groups is 1. The number of carbonyl (C=O) groups is 3. The van der Waals surface area contributed by atoms with E-state index in [2.05, 4.69) is 10.6 Å². The molecule has 2 fully saturated rings. The molecule has 36 heavy (non-hydrogen) atoms. The summed E-state index contributed by atoms with van der Waals surface area (Å²) in [5.74, 6) is 0.701. The molecular weight excluding hydrogens is 466 g/mol. The highest BCUT2D eigenvalue weighted by Crippen LogP contribution is 2.43. The molecule has 1 aromatic carbocycles. The van der Waals surface area contributed by atoms with Crippen LogP contribution in [0.25, 0.3) is 0 Å². The maximum Gasteiger partial charge on any atom is 0.322 e. The number of nitrogens with zero attached hydrogens (tertiary/aromatic N) is 3. The summed E-state index contributed by atoms with van der Waals surface area (Å²) in [6, 6.07) is 8.32. The van der Waals surface area contributed by atoms with Crippen molar-refractivity contribution in [2.24, 2.45) is 0 Å². The Bertz CT molecular complexity index is 1280. The number of imide groups is 1. The number of nitrogens with one attached hydrogen (secondary N) is 2. The third-order valence-electron chi connectivity index (χ3n) is 7.59. The lowest BCUT2D eigenvalue weighted by Crippen LogP contribution is -2.64. The molecule has 2 aromatic rings. The van der Waals surface area contributed by atoms with Crippen LogP contribution in [0.1, 0.15) is 40.9 Å². The van der Waals surface area contributed by atoms with Crippen molar-refractivity contribution < 1.29 is 29.0 Å². The fourth-order valence-electron chi connectivity index (χ4n) is 5.72. The number of β-amino-alcohol motifs (C(OH)–C–C–N with tert-alkyl or cyclic N) is 1. The van der Waals surface area contributed by atoms with Gasteiger partial charge in [-0.25, -0.2) is 9.78 Å². The molecule has 0 radical (unpaired) electrons. The van der Waals surface area contributed by atoms with Crippen LogP contribution in [-0.4, -0.2) is 77.3 Å². The predicted molar refractivity (Wildman–Crippen MR) is 127 cm³/mol. The maximum atomic E-state index is 13.3. The zero-order chi connectivity index (χ0) is 25.2. The molecule has 0 spiro atoms. The van der Waals surface area contributed by atoms with E-state index in [1.807, 2.05) is 30.0 Å². The molecule has 0 saturated carbocycles. The Morgan fingerprint density at radius 2 is 2.08 bits per heavy atom. The van der Waals surface area contributed by atoms with Crippen molar-refractivity contribution in [3.63, 3.8) is 0 Å². The van der Waals surface area contributed by atoms with Crippen LogP contribution < -0.4 is 25.0 Å². The highest BCUT2D eigenvalue weighted by Gasteiger charge is 2.59. The van der Waals surface area contributed by atoms with E-state index in [-0.39, 0.29) is 24.5 Å². The number of aromatic nitrogens is 1. The molecule has 11 heteroatoms. The Hall–Kier alpha value is -3.86. The topological polar surface area (TPSA) is 133 Å². The van der Waals surface area contributed by atoms with Crippen LogP contribution in [0.2, 0.25) is 0 Å². The number of carbonyl (C=O) groups excluding carboxylic acids is 3. The number of fused-ring (bicyclic) bond motifs is 2. The van der Waals surface area contributed by atoms with Crippen LogP contribution in [0.4, 0.5) is 10.6 Å². The molecule has 4 aliphatic rings. The van der Waals surface area contributed by atoms with Crippen molar-refractivity contribution in [2.75, 3.05) is 31.6 Å². The van der Waals surface area contributed by atoms with Gasteiger partial charge in [0.2, 0.25) is 0 Å². The molecule has 1 aromatic heterocycles. The summed E-state index contributed by atoms with van der Waals surface area (Å²) in [5.41, 5.74) is 0.511. The molecule has 0 bridgehead atoms. The Balaban J connectivity index is 1.30. The molecule has 11 nitrogen and oxygen atoms in total. The normalized spacial score (nSPS) is 28.6. The van der Waals surface area contributed by atoms with Gasteiger partial charge >= 0.3 is 6.03 Å². The number of aliphatic hydroxyl groups excluding tert-OH is 1. The summed E-state index contributed by atoms with van der Waals surface area (Å²) in [6.07, 6.45) is -0.484. The van der Waals surface area contributed by atoms with E-state index < -0.39 is 23.6 Å². The first-order valence-electron chi connectivity index (χ1n) is 12.0. The maximum absolute atomic E-state index is 13.3. The number of pyridine rings is 1. The van der Waals surface area contributed by atoms with Gasteiger partial charge in [-0.05, 0) is 36.2 Å². The Labute approximate surface area is 207 Å². The molecule has 4 amide bonds. The summed E-state index contributed by atoms with van der Waals surface area (Å²) < 4.78 is 11.5. The smallest absolute Gasteiger partial charge is 0.322 e. The number of anilines is 1. The third kappa shape index (κ3) is 3.37. The SMILES string of the molecule is COc1ccc2c(c1)C(=O)N(CC1(C3Oc4ccc(N5CCC(O)C5)nc4C3C)NC(=O)NC1=O)C2. The fourth-order valence-corrected chi connectivity index (χ4v) is 5.72. The monoisotopic (exact) mass is 493 g/mol. The quantitative estimate of drug-likeness (QED) is 0.520. The van der Waals surface area contributed by atoms with Crippen LogP contribution in [0.15, 0.2) is 30.3 Å². The van der Waals surface area contributed by atoms with Gasteiger partial charge in [0.15, 0.2) is 5.54 Å². The number of amides is 4. The number of urea groups is 1. The first-order chi connectivity index (χ1) is 17.3. The van der Waals surface area contributed by atoms with E-state index in [1.54, 1.807) is 17.0 Å². The molecule has 5 heterocycles. The van der Waals surface area contributed by atoms with Crippen molar-refractivity contribution >= 4 is 23.7 Å². The van der Waals surface area contributed by atoms with Crippen LogP contribution >= 0.6 is 0 Å². The van der Waals surface area contributed by atoms with Gasteiger partial charge in [-0.2, -0.15) is 0 Å². The molecule has 188 valence electrons. The summed E-state index contributed by atoms with van der Waals surface area (Å²) >= 11 is 0. The van der Waals surface area contributed by atoms with Gasteiger partial charge in [-0.1, -0.05) is 13.0 Å². The van der Waals surface area contributed by atoms with E-state index in [1.165, 1.54) is 7.11 Å². The number of benzene rings is 1. The Morgan fingerprint density at radius 3 is 2.78 bits per heavy atom. The number of methoxy groups -OCH3 is 1. The molecule has 2 saturated heterocycles. The van der Waals surface area contributed by atoms with Crippen molar-refractivity contribution in [3.05, 3.63) is 47.2 Å². The van der Waals surface area contributed by atoms with E-state index in [9.17, 15) is 19.5 Å². The molecule has 0 aliphatic carbocycles. The minimum absolute atomic E-state index is 0.0609. The standard InChI is InChI=1S/C25H27N5O6/c1-13-20-18(5-6-19(26-20)29-8-7-15(31)11-29)36-21(13)25(23(33)27-24(34)28-25)12-30-10-14-3-4-16(35-2)9-17(14)22(30)32/h3-6,9,13,15,21,31H,7-8,10-12H2,1-2H3,(H2,27,28,33,34). The van der Waals surface area contributed by atoms with Gasteiger partial charge in [0, 0.05) is 31.1 Å². The number of hydrogen-bond donors (Lipinski definition) is 3. The lowest BCUT2D eigenvalue weighted by Gasteiger charge is -2.36. The van der Waals surface area contributed by atoms with Gasteiger partial charge in [0.05, 0.1) is 25.5 Å². The average molecular weight is 494 g/mol. The van der Waals surface area contributed by atoms with E-state index >= 15 is 0 Å². The van der Waals surface area contributed by atoms with Gasteiger partial charge in [0.1, 0.15) is 23.4 Å². The summed E-state index contributed by atoms with van der Waals surface area (Å²) in [4.78, 5) is 47.3. The number of rotatable bonds is 5. The summed E-state index contributed by atoms with van der Waals surface area (Å²) in [7, 11) is 1.54. The van der Waals surface area contributed by atoms with E-state index in [4.69, 9.17) is 14.5 Å². The van der Waals surface area contributed by atoms with Crippen LogP contribution in [0.5, 0.6) is 11.5 Å². The predicted octanol–water partition coefficient (Wildman–Crippen LogP) is 0.760. The molecule has 6 rings (SSSR count). The zero-order valence-corrected chi connectivity index (χ0v) is 20.0. The Kier molecular flexibility index (Phi) is 5.08. The van der Waals surface area contributed by atoms with Crippen LogP contribution in [0, 0.1) is 0 Å². The molecule has 4 aliphatic heterocycles. The second kappa shape index (κ2) is 8.09. The summed E-state index contributed by atoms with van der Waals surface area (Å²) in [5, 5.41) is 15.0. The van der Waals surface area contributed by atoms with Gasteiger partial charge in [-0.15, -0.1) is 0 Å². The zero-order valence-electron chi connectivity index (χ0n) is 20.0. The van der Waals surface area contributed by atoms with Crippen molar-refractivity contribution in [1.82, 2.24) is 20.5 Å². The lowest BCUT2D eigenvalue weighted by molar-refractivity contribution is -0.128. The Morgan fingerprint density at radius 1 is 1.25 bits per heavy atom. The number of ether oxygens (including phenoxy) is 2. The average Bonchev–Trinajstić information content (AvgIpc) is 3.60. The number of hydrogen-bond acceptors (Lipinski definition) is 8. The van der Waals surface area contributed by atoms with E-state index in [0.717, 1.165) is 11.4 Å². The molecule has 4 unspecified atom stereocenters. The van der Waals surface area contributed by atoms with Crippen molar-refractivity contribution in [3.8, 4) is 11.5 Å². The summed E-state index contributed by atoms with van der Waals surface area (Å²) in [6.45, 7) is 3.36. The largest absolute Gasteiger partial charge is 0.497 e. The van der Waals surface area contributed by atoms with Crippen molar-refractivity contribution in [2.45, 2.75) is 43.6 Å².